The van der Waals surface area contributed by atoms with Gasteiger partial charge >= 0.3 is 0 Å². The van der Waals surface area contributed by atoms with Crippen molar-refractivity contribution in [3.63, 3.8) is 0 Å². The van der Waals surface area contributed by atoms with E-state index in [0.29, 0.717) is 17.1 Å². The molecule has 0 aliphatic rings. The number of hydrogen-bond acceptors (Lipinski definition) is 6. The zero-order valence-electron chi connectivity index (χ0n) is 13.4. The van der Waals surface area contributed by atoms with Gasteiger partial charge in [0.2, 0.25) is 17.1 Å². The molecule has 122 valence electrons. The molecule has 0 N–H and O–H groups in total. The van der Waals surface area contributed by atoms with Gasteiger partial charge in [-0.1, -0.05) is 0 Å². The number of nitrogens with zero attached hydrogens (tertiary/aromatic N) is 4. The molecule has 0 aliphatic carbocycles. The molecule has 0 saturated carbocycles. The maximum Gasteiger partial charge on any atom is 0.230 e. The quantitative estimate of drug-likeness (QED) is 0.431. The molecule has 6 heterocycles. The average molecular weight is 338 g/mol. The highest BCUT2D eigenvalue weighted by molar-refractivity contribution is 6.04. The Kier molecular flexibility index (Phi) is 2.52. The van der Waals surface area contributed by atoms with Crippen LogP contribution in [0, 0.1) is 0 Å². The Morgan fingerprint density at radius 3 is 2.19 bits per heavy atom. The second kappa shape index (κ2) is 4.86. The first-order chi connectivity index (χ1) is 12.9. The number of fused-ring (bicyclic) bond motifs is 6. The summed E-state index contributed by atoms with van der Waals surface area (Å²) in [5.74, 6) is 0. The maximum atomic E-state index is 5.84. The molecule has 0 spiro atoms. The molecule has 0 atom stereocenters. The van der Waals surface area contributed by atoms with E-state index in [9.17, 15) is 0 Å². The van der Waals surface area contributed by atoms with Gasteiger partial charge in [-0.3, -0.25) is 4.98 Å². The fourth-order valence-electron chi connectivity index (χ4n) is 3.28. The molecule has 6 nitrogen and oxygen atoms in total. The molecular formula is C20H10N4O2. The van der Waals surface area contributed by atoms with Gasteiger partial charge in [0.05, 0.1) is 11.4 Å². The Hall–Kier alpha value is -3.80. The lowest BCUT2D eigenvalue weighted by Gasteiger charge is -1.99. The highest BCUT2D eigenvalue weighted by atomic mass is 16.3. The molecule has 0 aromatic carbocycles. The SMILES string of the molecule is c1cnc2oc3nc(-c4ccc5c(n4)oc4ccncc45)ccc3c2c1. The summed E-state index contributed by atoms with van der Waals surface area (Å²) in [6.07, 6.45) is 5.20. The first-order valence-corrected chi connectivity index (χ1v) is 8.15. The predicted octanol–water partition coefficient (Wildman–Crippen LogP) is 4.73. The standard InChI is InChI=1S/C20H10N4O2/c1-2-11-12-3-5-16(24-20(12)26-18(11)22-8-1)15-6-4-13-14-10-21-9-7-17(14)25-19(13)23-15/h1-10H. The number of rotatable bonds is 1. The van der Waals surface area contributed by atoms with Crippen LogP contribution in [0.4, 0.5) is 0 Å². The van der Waals surface area contributed by atoms with Crippen LogP contribution < -0.4 is 0 Å². The monoisotopic (exact) mass is 338 g/mol. The fourth-order valence-corrected chi connectivity index (χ4v) is 3.28. The lowest BCUT2D eigenvalue weighted by atomic mass is 10.1. The summed E-state index contributed by atoms with van der Waals surface area (Å²) in [6, 6.07) is 13.5. The zero-order valence-corrected chi connectivity index (χ0v) is 13.4. The van der Waals surface area contributed by atoms with Gasteiger partial charge in [0, 0.05) is 40.1 Å². The first kappa shape index (κ1) is 13.5. The molecule has 26 heavy (non-hydrogen) atoms. The molecule has 6 aromatic heterocycles. The minimum Gasteiger partial charge on any atom is -0.438 e. The van der Waals surface area contributed by atoms with Gasteiger partial charge in [-0.25, -0.2) is 15.0 Å². The van der Waals surface area contributed by atoms with Crippen molar-refractivity contribution in [2.75, 3.05) is 0 Å². The van der Waals surface area contributed by atoms with Crippen LogP contribution in [0.3, 0.4) is 0 Å². The van der Waals surface area contributed by atoms with Crippen molar-refractivity contribution in [1.29, 1.82) is 0 Å². The Morgan fingerprint density at radius 2 is 1.35 bits per heavy atom. The molecule has 0 amide bonds. The normalized spacial score (nSPS) is 11.8. The van der Waals surface area contributed by atoms with Crippen LogP contribution >= 0.6 is 0 Å². The highest BCUT2D eigenvalue weighted by Crippen LogP contribution is 2.31. The van der Waals surface area contributed by atoms with Crippen LogP contribution in [0.2, 0.25) is 0 Å². The zero-order chi connectivity index (χ0) is 17.1. The van der Waals surface area contributed by atoms with Crippen LogP contribution in [0.1, 0.15) is 0 Å². The molecule has 6 rings (SSSR count). The third-order valence-corrected chi connectivity index (χ3v) is 4.52. The Morgan fingerprint density at radius 1 is 0.615 bits per heavy atom. The number of aromatic nitrogens is 4. The molecule has 0 saturated heterocycles. The number of furan rings is 2. The van der Waals surface area contributed by atoms with Gasteiger partial charge in [0.25, 0.3) is 0 Å². The van der Waals surface area contributed by atoms with Crippen molar-refractivity contribution >= 4 is 44.3 Å². The summed E-state index contributed by atoms with van der Waals surface area (Å²) in [4.78, 5) is 17.6. The summed E-state index contributed by atoms with van der Waals surface area (Å²) in [5.41, 5.74) is 3.91. The van der Waals surface area contributed by atoms with Crippen LogP contribution in [-0.2, 0) is 0 Å². The van der Waals surface area contributed by atoms with E-state index in [-0.39, 0.29) is 0 Å². The smallest absolute Gasteiger partial charge is 0.230 e. The van der Waals surface area contributed by atoms with Crippen molar-refractivity contribution in [2.45, 2.75) is 0 Å². The van der Waals surface area contributed by atoms with E-state index >= 15 is 0 Å². The molecule has 0 unspecified atom stereocenters. The van der Waals surface area contributed by atoms with Crippen LogP contribution in [0.15, 0.2) is 69.9 Å². The lowest BCUT2D eigenvalue weighted by molar-refractivity contribution is 0.640. The largest absolute Gasteiger partial charge is 0.438 e. The Bertz CT molecular complexity index is 1340. The van der Waals surface area contributed by atoms with Gasteiger partial charge in [0.1, 0.15) is 5.58 Å². The van der Waals surface area contributed by atoms with Crippen molar-refractivity contribution in [1.82, 2.24) is 19.9 Å². The van der Waals surface area contributed by atoms with E-state index in [1.54, 1.807) is 18.6 Å². The molecule has 0 bridgehead atoms. The molecular weight excluding hydrogens is 328 g/mol. The van der Waals surface area contributed by atoms with E-state index in [0.717, 1.165) is 38.5 Å². The van der Waals surface area contributed by atoms with Crippen LogP contribution in [0.5, 0.6) is 0 Å². The summed E-state index contributed by atoms with van der Waals surface area (Å²) in [7, 11) is 0. The van der Waals surface area contributed by atoms with Crippen molar-refractivity contribution in [2.24, 2.45) is 0 Å². The topological polar surface area (TPSA) is 77.8 Å². The van der Waals surface area contributed by atoms with E-state index < -0.39 is 0 Å². The third kappa shape index (κ3) is 1.81. The summed E-state index contributed by atoms with van der Waals surface area (Å²) in [6.45, 7) is 0. The maximum absolute atomic E-state index is 5.84. The van der Waals surface area contributed by atoms with Gasteiger partial charge in [-0.05, 0) is 42.5 Å². The summed E-state index contributed by atoms with van der Waals surface area (Å²) >= 11 is 0. The van der Waals surface area contributed by atoms with E-state index in [4.69, 9.17) is 8.83 Å². The number of pyridine rings is 4. The van der Waals surface area contributed by atoms with Gasteiger partial charge in [0.15, 0.2) is 0 Å². The molecule has 6 heteroatoms. The van der Waals surface area contributed by atoms with E-state index in [2.05, 4.69) is 19.9 Å². The average Bonchev–Trinajstić information content (AvgIpc) is 3.24. The van der Waals surface area contributed by atoms with Crippen LogP contribution in [0.25, 0.3) is 55.7 Å². The summed E-state index contributed by atoms with van der Waals surface area (Å²) in [5, 5.41) is 3.78. The molecule has 0 aliphatic heterocycles. The molecule has 6 aromatic rings. The van der Waals surface area contributed by atoms with Crippen molar-refractivity contribution in [3.8, 4) is 11.4 Å². The Labute approximate surface area is 146 Å². The lowest BCUT2D eigenvalue weighted by Crippen LogP contribution is -1.87. The second-order valence-corrected chi connectivity index (χ2v) is 6.03. The predicted molar refractivity (Wildman–Crippen MR) is 97.6 cm³/mol. The van der Waals surface area contributed by atoms with E-state index in [1.807, 2.05) is 42.5 Å². The van der Waals surface area contributed by atoms with Crippen LogP contribution in [-0.4, -0.2) is 19.9 Å². The summed E-state index contributed by atoms with van der Waals surface area (Å²) < 4.78 is 11.6. The fraction of sp³-hybridized carbons (Fsp3) is 0. The van der Waals surface area contributed by atoms with Gasteiger partial charge < -0.3 is 8.83 Å². The second-order valence-electron chi connectivity index (χ2n) is 6.03. The first-order valence-electron chi connectivity index (χ1n) is 8.15. The van der Waals surface area contributed by atoms with Crippen molar-refractivity contribution in [3.05, 3.63) is 61.1 Å². The Balaban J connectivity index is 1.57. The number of hydrogen-bond donors (Lipinski definition) is 0. The van der Waals surface area contributed by atoms with Gasteiger partial charge in [-0.15, -0.1) is 0 Å². The minimum absolute atomic E-state index is 0.548. The highest BCUT2D eigenvalue weighted by Gasteiger charge is 2.13. The third-order valence-electron chi connectivity index (χ3n) is 4.52. The molecule has 0 fully saturated rings. The molecule has 0 radical (unpaired) electrons. The van der Waals surface area contributed by atoms with E-state index in [1.165, 1.54) is 0 Å². The van der Waals surface area contributed by atoms with Gasteiger partial charge in [-0.2, -0.15) is 0 Å². The van der Waals surface area contributed by atoms with Crippen molar-refractivity contribution < 1.29 is 8.83 Å². The minimum atomic E-state index is 0.548.